The summed E-state index contributed by atoms with van der Waals surface area (Å²) in [5.41, 5.74) is 0. The molecule has 0 spiro atoms. The maximum Gasteiger partial charge on any atom is 0.135 e. The third-order valence-corrected chi connectivity index (χ3v) is 3.05. The van der Waals surface area contributed by atoms with E-state index in [0.717, 1.165) is 43.5 Å². The molecule has 6 nitrogen and oxygen atoms in total. The second-order valence-electron chi connectivity index (χ2n) is 5.31. The molecule has 0 fully saturated rings. The number of imidazole rings is 1. The predicted octanol–water partition coefficient (Wildman–Crippen LogP) is 2.73. The van der Waals surface area contributed by atoms with E-state index in [-0.39, 0.29) is 0 Å². The highest BCUT2D eigenvalue weighted by atomic mass is 15.1. The Bertz CT molecular complexity index is 535. The maximum absolute atomic E-state index is 4.57. The van der Waals surface area contributed by atoms with Crippen LogP contribution in [0.3, 0.4) is 0 Å². The predicted molar refractivity (Wildman–Crippen MR) is 85.6 cm³/mol. The van der Waals surface area contributed by atoms with Gasteiger partial charge in [0.25, 0.3) is 0 Å². The van der Waals surface area contributed by atoms with Crippen LogP contribution in [0.1, 0.15) is 38.9 Å². The third kappa shape index (κ3) is 4.73. The fraction of sp³-hybridized carbons (Fsp3) is 0.533. The van der Waals surface area contributed by atoms with E-state index in [1.54, 1.807) is 6.20 Å². The molecule has 0 saturated heterocycles. The summed E-state index contributed by atoms with van der Waals surface area (Å²) in [6.07, 6.45) is 6.63. The summed E-state index contributed by atoms with van der Waals surface area (Å²) in [5, 5.41) is 6.68. The highest BCUT2D eigenvalue weighted by Gasteiger charge is 2.07. The molecule has 2 N–H and O–H groups in total. The first-order chi connectivity index (χ1) is 10.2. The minimum absolute atomic E-state index is 0.308. The molecule has 2 aromatic rings. The van der Waals surface area contributed by atoms with Crippen LogP contribution in [0.4, 0.5) is 11.6 Å². The molecule has 0 radical (unpaired) electrons. The number of anilines is 2. The molecule has 2 heterocycles. The first-order valence-electron chi connectivity index (χ1n) is 7.51. The molecule has 2 aromatic heterocycles. The Morgan fingerprint density at radius 1 is 1.14 bits per heavy atom. The molecule has 0 bridgehead atoms. The summed E-state index contributed by atoms with van der Waals surface area (Å²) >= 11 is 0. The molecule has 0 aliphatic carbocycles. The van der Waals surface area contributed by atoms with Gasteiger partial charge in [0.2, 0.25) is 0 Å². The van der Waals surface area contributed by atoms with Gasteiger partial charge < -0.3 is 15.2 Å². The zero-order valence-corrected chi connectivity index (χ0v) is 13.0. The molecule has 114 valence electrons. The van der Waals surface area contributed by atoms with Gasteiger partial charge >= 0.3 is 0 Å². The summed E-state index contributed by atoms with van der Waals surface area (Å²) in [6.45, 7) is 8.93. The fourth-order valence-electron chi connectivity index (χ4n) is 1.89. The summed E-state index contributed by atoms with van der Waals surface area (Å²) in [4.78, 5) is 13.2. The number of nitrogens with zero attached hydrogens (tertiary/aromatic N) is 4. The van der Waals surface area contributed by atoms with Crippen molar-refractivity contribution in [1.82, 2.24) is 19.5 Å². The quantitative estimate of drug-likeness (QED) is 0.781. The van der Waals surface area contributed by atoms with Crippen LogP contribution in [-0.2, 0) is 6.54 Å². The molecular formula is C15H24N6. The van der Waals surface area contributed by atoms with Gasteiger partial charge in [-0.2, -0.15) is 0 Å². The first kappa shape index (κ1) is 15.3. The van der Waals surface area contributed by atoms with Crippen LogP contribution in [-0.4, -0.2) is 32.6 Å². The van der Waals surface area contributed by atoms with E-state index < -0.39 is 0 Å². The Kier molecular flexibility index (Phi) is 5.54. The molecule has 0 unspecified atom stereocenters. The van der Waals surface area contributed by atoms with Crippen LogP contribution >= 0.6 is 0 Å². The number of hydrogen-bond donors (Lipinski definition) is 2. The normalized spacial score (nSPS) is 10.9. The zero-order valence-electron chi connectivity index (χ0n) is 13.0. The van der Waals surface area contributed by atoms with E-state index in [1.807, 2.05) is 23.2 Å². The fourth-order valence-corrected chi connectivity index (χ4v) is 1.89. The monoisotopic (exact) mass is 288 g/mol. The van der Waals surface area contributed by atoms with Crippen molar-refractivity contribution < 1.29 is 0 Å². The Hall–Kier alpha value is -2.11. The lowest BCUT2D eigenvalue weighted by Gasteiger charge is -2.12. The number of rotatable bonds is 8. The molecule has 0 aliphatic rings. The summed E-state index contributed by atoms with van der Waals surface area (Å²) < 4.78 is 2.04. The first-order valence-corrected chi connectivity index (χ1v) is 7.51. The molecule has 2 rings (SSSR count). The second-order valence-corrected chi connectivity index (χ2v) is 5.31. The summed E-state index contributed by atoms with van der Waals surface area (Å²) in [7, 11) is 0. The molecule has 21 heavy (non-hydrogen) atoms. The molecule has 0 atom stereocenters. The van der Waals surface area contributed by atoms with E-state index in [9.17, 15) is 0 Å². The average molecular weight is 288 g/mol. The SMILES string of the molecule is CCCNc1cc(NCCn2ccnc2)nc(C(C)C)n1. The number of aromatic nitrogens is 4. The summed E-state index contributed by atoms with van der Waals surface area (Å²) in [5.74, 6) is 2.93. The van der Waals surface area contributed by atoms with Crippen LogP contribution in [0, 0.1) is 0 Å². The summed E-state index contributed by atoms with van der Waals surface area (Å²) in [6, 6.07) is 1.97. The van der Waals surface area contributed by atoms with E-state index in [2.05, 4.69) is 46.4 Å². The van der Waals surface area contributed by atoms with Gasteiger partial charge in [0.15, 0.2) is 0 Å². The maximum atomic E-state index is 4.57. The van der Waals surface area contributed by atoms with Gasteiger partial charge in [0.1, 0.15) is 17.5 Å². The van der Waals surface area contributed by atoms with Gasteiger partial charge in [0, 0.05) is 44.0 Å². The van der Waals surface area contributed by atoms with Gasteiger partial charge in [-0.15, -0.1) is 0 Å². The molecular weight excluding hydrogens is 264 g/mol. The zero-order chi connectivity index (χ0) is 15.1. The lowest BCUT2D eigenvalue weighted by Crippen LogP contribution is -2.13. The lowest BCUT2D eigenvalue weighted by atomic mass is 10.2. The number of nitrogens with one attached hydrogen (secondary N) is 2. The molecule has 0 aliphatic heterocycles. The van der Waals surface area contributed by atoms with Gasteiger partial charge in [-0.05, 0) is 6.42 Å². The van der Waals surface area contributed by atoms with Crippen LogP contribution in [0.5, 0.6) is 0 Å². The number of hydrogen-bond acceptors (Lipinski definition) is 5. The van der Waals surface area contributed by atoms with Crippen molar-refractivity contribution in [2.75, 3.05) is 23.7 Å². The van der Waals surface area contributed by atoms with Crippen molar-refractivity contribution >= 4 is 11.6 Å². The van der Waals surface area contributed by atoms with Gasteiger partial charge in [0.05, 0.1) is 6.33 Å². The smallest absolute Gasteiger partial charge is 0.135 e. The van der Waals surface area contributed by atoms with E-state index in [4.69, 9.17) is 0 Å². The molecule has 0 amide bonds. The Balaban J connectivity index is 2.00. The topological polar surface area (TPSA) is 67.7 Å². The van der Waals surface area contributed by atoms with Crippen molar-refractivity contribution in [2.45, 2.75) is 39.7 Å². The van der Waals surface area contributed by atoms with E-state index in [0.29, 0.717) is 5.92 Å². The Morgan fingerprint density at radius 2 is 1.86 bits per heavy atom. The second kappa shape index (κ2) is 7.61. The van der Waals surface area contributed by atoms with Crippen molar-refractivity contribution in [3.8, 4) is 0 Å². The standard InChI is InChI=1S/C15H24N6/c1-4-5-17-13-10-14(20-15(19-13)12(2)3)18-7-9-21-8-6-16-11-21/h6,8,10-12H,4-5,7,9H2,1-3H3,(H2,17,18,19,20). The van der Waals surface area contributed by atoms with Crippen molar-refractivity contribution in [2.24, 2.45) is 0 Å². The van der Waals surface area contributed by atoms with Crippen molar-refractivity contribution in [1.29, 1.82) is 0 Å². The highest BCUT2D eigenvalue weighted by Crippen LogP contribution is 2.16. The minimum atomic E-state index is 0.308. The lowest BCUT2D eigenvalue weighted by molar-refractivity contribution is 0.721. The van der Waals surface area contributed by atoms with Crippen LogP contribution in [0.15, 0.2) is 24.8 Å². The third-order valence-electron chi connectivity index (χ3n) is 3.05. The van der Waals surface area contributed by atoms with E-state index in [1.165, 1.54) is 0 Å². The van der Waals surface area contributed by atoms with Crippen LogP contribution < -0.4 is 10.6 Å². The van der Waals surface area contributed by atoms with Crippen LogP contribution in [0.25, 0.3) is 0 Å². The Morgan fingerprint density at radius 3 is 2.43 bits per heavy atom. The Labute approximate surface area is 126 Å². The van der Waals surface area contributed by atoms with E-state index >= 15 is 0 Å². The van der Waals surface area contributed by atoms with Gasteiger partial charge in [-0.1, -0.05) is 20.8 Å². The molecule has 0 aromatic carbocycles. The highest BCUT2D eigenvalue weighted by molar-refractivity contribution is 5.47. The molecule has 6 heteroatoms. The molecule has 0 saturated carbocycles. The van der Waals surface area contributed by atoms with Crippen molar-refractivity contribution in [3.05, 3.63) is 30.6 Å². The van der Waals surface area contributed by atoms with Gasteiger partial charge in [-0.3, -0.25) is 0 Å². The minimum Gasteiger partial charge on any atom is -0.370 e. The van der Waals surface area contributed by atoms with Crippen LogP contribution in [0.2, 0.25) is 0 Å². The largest absolute Gasteiger partial charge is 0.370 e. The van der Waals surface area contributed by atoms with Crippen molar-refractivity contribution in [3.63, 3.8) is 0 Å². The van der Waals surface area contributed by atoms with Gasteiger partial charge in [-0.25, -0.2) is 15.0 Å². The average Bonchev–Trinajstić information content (AvgIpc) is 2.98.